The standard InChI is InChI=1S/C31H37N3O4/c1-7-10-16-21-32-28(35)27(25-20-15-14-19-24(25)8-2)34(9-3)29(36)26(22-23-17-12-11-13-18-23)33-30(37)38-31(4,5)6/h2-3,11-15,17-20,26-27H,7,10,16,21-22H2,1,4-6H3,(H,32,35)(H,33,37). The van der Waals surface area contributed by atoms with Crippen molar-refractivity contribution in [2.24, 2.45) is 0 Å². The number of hydrogen-bond acceptors (Lipinski definition) is 4. The molecule has 200 valence electrons. The van der Waals surface area contributed by atoms with Gasteiger partial charge in [-0.3, -0.25) is 14.5 Å². The second-order valence-electron chi connectivity index (χ2n) is 9.86. The highest BCUT2D eigenvalue weighted by atomic mass is 16.6. The summed E-state index contributed by atoms with van der Waals surface area (Å²) in [7, 11) is 0. The molecule has 0 aliphatic rings. The van der Waals surface area contributed by atoms with Gasteiger partial charge in [-0.1, -0.05) is 80.6 Å². The number of amides is 3. The van der Waals surface area contributed by atoms with Crippen LogP contribution in [0.25, 0.3) is 0 Å². The molecule has 0 saturated heterocycles. The van der Waals surface area contributed by atoms with Gasteiger partial charge in [0.25, 0.3) is 5.91 Å². The van der Waals surface area contributed by atoms with Crippen molar-refractivity contribution in [2.45, 2.75) is 71.1 Å². The van der Waals surface area contributed by atoms with Crippen LogP contribution in [-0.2, 0) is 20.7 Å². The number of nitrogens with zero attached hydrogens (tertiary/aromatic N) is 1. The van der Waals surface area contributed by atoms with Crippen LogP contribution in [0.2, 0.25) is 0 Å². The summed E-state index contributed by atoms with van der Waals surface area (Å²) in [6.45, 7) is 7.67. The Morgan fingerprint density at radius 1 is 1.00 bits per heavy atom. The zero-order valence-electron chi connectivity index (χ0n) is 22.6. The Morgan fingerprint density at radius 2 is 1.66 bits per heavy atom. The maximum Gasteiger partial charge on any atom is 0.408 e. The average Bonchev–Trinajstić information content (AvgIpc) is 2.88. The van der Waals surface area contributed by atoms with Crippen molar-refractivity contribution >= 4 is 17.9 Å². The lowest BCUT2D eigenvalue weighted by molar-refractivity contribution is -0.138. The molecule has 2 unspecified atom stereocenters. The third-order valence-corrected chi connectivity index (χ3v) is 5.65. The lowest BCUT2D eigenvalue weighted by Crippen LogP contribution is -2.52. The van der Waals surface area contributed by atoms with E-state index in [1.165, 1.54) is 0 Å². The van der Waals surface area contributed by atoms with Crippen LogP contribution in [0.15, 0.2) is 54.6 Å². The highest BCUT2D eigenvalue weighted by molar-refractivity contribution is 5.93. The van der Waals surface area contributed by atoms with Gasteiger partial charge in [-0.05, 0) is 38.8 Å². The van der Waals surface area contributed by atoms with Gasteiger partial charge in [0.2, 0.25) is 5.91 Å². The number of unbranched alkanes of at least 4 members (excludes halogenated alkanes) is 2. The first kappa shape index (κ1) is 30.0. The van der Waals surface area contributed by atoms with E-state index in [4.69, 9.17) is 17.6 Å². The van der Waals surface area contributed by atoms with E-state index >= 15 is 0 Å². The number of carbonyl (C=O) groups is 3. The molecule has 2 N–H and O–H groups in total. The third kappa shape index (κ3) is 9.01. The molecule has 38 heavy (non-hydrogen) atoms. The number of terminal acetylenes is 2. The maximum atomic E-state index is 14.0. The highest BCUT2D eigenvalue weighted by Gasteiger charge is 2.36. The minimum Gasteiger partial charge on any atom is -0.444 e. The van der Waals surface area contributed by atoms with Crippen molar-refractivity contribution in [3.63, 3.8) is 0 Å². The first-order chi connectivity index (χ1) is 18.1. The van der Waals surface area contributed by atoms with Crippen molar-refractivity contribution < 1.29 is 19.1 Å². The van der Waals surface area contributed by atoms with Gasteiger partial charge in [0.05, 0.1) is 0 Å². The summed E-state index contributed by atoms with van der Waals surface area (Å²) in [5, 5.41) is 5.54. The summed E-state index contributed by atoms with van der Waals surface area (Å²) in [4.78, 5) is 41.1. The van der Waals surface area contributed by atoms with Gasteiger partial charge in [-0.25, -0.2) is 4.79 Å². The molecule has 2 aromatic carbocycles. The molecule has 0 heterocycles. The number of nitrogens with one attached hydrogen (secondary N) is 2. The van der Waals surface area contributed by atoms with Crippen molar-refractivity contribution in [1.82, 2.24) is 15.5 Å². The number of carbonyl (C=O) groups excluding carboxylic acids is 3. The highest BCUT2D eigenvalue weighted by Crippen LogP contribution is 2.25. The van der Waals surface area contributed by atoms with Crippen LogP contribution >= 0.6 is 0 Å². The zero-order chi connectivity index (χ0) is 28.1. The quantitative estimate of drug-likeness (QED) is 0.261. The first-order valence-electron chi connectivity index (χ1n) is 12.8. The molecule has 2 atom stereocenters. The fourth-order valence-corrected chi connectivity index (χ4v) is 3.88. The molecule has 2 rings (SSSR count). The molecule has 3 amide bonds. The predicted octanol–water partition coefficient (Wildman–Crippen LogP) is 4.57. The summed E-state index contributed by atoms with van der Waals surface area (Å²) < 4.78 is 5.40. The first-order valence-corrected chi connectivity index (χ1v) is 12.8. The molecule has 7 nitrogen and oxygen atoms in total. The van der Waals surface area contributed by atoms with Crippen LogP contribution in [-0.4, -0.2) is 41.0 Å². The Balaban J connectivity index is 2.48. The summed E-state index contributed by atoms with van der Waals surface area (Å²) in [6.07, 6.45) is 13.7. The maximum absolute atomic E-state index is 14.0. The Morgan fingerprint density at radius 3 is 2.26 bits per heavy atom. The second kappa shape index (κ2) is 14.5. The number of rotatable bonds is 11. The molecule has 2 aromatic rings. The molecule has 0 aliphatic carbocycles. The van der Waals surface area contributed by atoms with Gasteiger partial charge in [0, 0.05) is 30.1 Å². The zero-order valence-corrected chi connectivity index (χ0v) is 22.6. The number of ether oxygens (including phenoxy) is 1. The minimum atomic E-state index is -1.19. The normalized spacial score (nSPS) is 12.3. The second-order valence-corrected chi connectivity index (χ2v) is 9.86. The lowest BCUT2D eigenvalue weighted by Gasteiger charge is -2.31. The topological polar surface area (TPSA) is 87.7 Å². The van der Waals surface area contributed by atoms with Gasteiger partial charge < -0.3 is 15.4 Å². The predicted molar refractivity (Wildman–Crippen MR) is 149 cm³/mol. The van der Waals surface area contributed by atoms with Crippen LogP contribution in [0.4, 0.5) is 4.79 Å². The fraction of sp³-hybridized carbons (Fsp3) is 0.387. The molecule has 0 aliphatic heterocycles. The van der Waals surface area contributed by atoms with Crippen LogP contribution < -0.4 is 10.6 Å². The van der Waals surface area contributed by atoms with Gasteiger partial charge >= 0.3 is 6.09 Å². The molecule has 0 radical (unpaired) electrons. The van der Waals surface area contributed by atoms with E-state index in [0.29, 0.717) is 17.7 Å². The number of alkyl carbamates (subject to hydrolysis) is 1. The van der Waals surface area contributed by atoms with Crippen LogP contribution in [0.5, 0.6) is 0 Å². The average molecular weight is 516 g/mol. The van der Waals surface area contributed by atoms with E-state index in [1.54, 1.807) is 45.0 Å². The van der Waals surface area contributed by atoms with E-state index in [1.807, 2.05) is 30.3 Å². The van der Waals surface area contributed by atoms with E-state index in [9.17, 15) is 14.4 Å². The van der Waals surface area contributed by atoms with Gasteiger partial charge in [-0.15, -0.1) is 6.42 Å². The molecular formula is C31H37N3O4. The summed E-state index contributed by atoms with van der Waals surface area (Å²) in [6, 6.07) is 16.1. The molecule has 0 spiro atoms. The molecule has 7 heteroatoms. The van der Waals surface area contributed by atoms with E-state index < -0.39 is 35.6 Å². The van der Waals surface area contributed by atoms with Crippen LogP contribution in [0, 0.1) is 24.8 Å². The monoisotopic (exact) mass is 515 g/mol. The Hall–Kier alpha value is -4.23. The van der Waals surface area contributed by atoms with Crippen molar-refractivity contribution in [3.8, 4) is 24.8 Å². The smallest absolute Gasteiger partial charge is 0.408 e. The Kier molecular flexibility index (Phi) is 11.4. The van der Waals surface area contributed by atoms with E-state index in [2.05, 4.69) is 29.5 Å². The summed E-state index contributed by atoms with van der Waals surface area (Å²) >= 11 is 0. The van der Waals surface area contributed by atoms with Crippen molar-refractivity contribution in [3.05, 3.63) is 71.3 Å². The summed E-state index contributed by atoms with van der Waals surface area (Å²) in [5.74, 6) is 1.49. The van der Waals surface area contributed by atoms with Crippen LogP contribution in [0.1, 0.15) is 69.7 Å². The van der Waals surface area contributed by atoms with Gasteiger partial charge in [0.15, 0.2) is 0 Å². The molecular weight excluding hydrogens is 478 g/mol. The van der Waals surface area contributed by atoms with Crippen molar-refractivity contribution in [1.29, 1.82) is 0 Å². The van der Waals surface area contributed by atoms with E-state index in [0.717, 1.165) is 29.7 Å². The Labute approximate surface area is 226 Å². The third-order valence-electron chi connectivity index (χ3n) is 5.65. The van der Waals surface area contributed by atoms with Gasteiger partial charge in [0.1, 0.15) is 17.7 Å². The lowest BCUT2D eigenvalue weighted by atomic mass is 9.97. The minimum absolute atomic E-state index is 0.138. The molecule has 0 bridgehead atoms. The van der Waals surface area contributed by atoms with Gasteiger partial charge in [-0.2, -0.15) is 0 Å². The molecule has 0 saturated carbocycles. The van der Waals surface area contributed by atoms with E-state index in [-0.39, 0.29) is 6.42 Å². The number of hydrogen-bond donors (Lipinski definition) is 2. The molecule has 0 aromatic heterocycles. The SMILES string of the molecule is C#Cc1ccccc1C(C(=O)NCCCCC)N(C#C)C(=O)C(Cc1ccccc1)NC(=O)OC(C)(C)C. The summed E-state index contributed by atoms with van der Waals surface area (Å²) in [5.41, 5.74) is 0.880. The van der Waals surface area contributed by atoms with Crippen LogP contribution in [0.3, 0.4) is 0 Å². The molecule has 0 fully saturated rings. The largest absolute Gasteiger partial charge is 0.444 e. The fourth-order valence-electron chi connectivity index (χ4n) is 3.88. The van der Waals surface area contributed by atoms with Crippen molar-refractivity contribution in [2.75, 3.05) is 6.54 Å². The Bertz CT molecular complexity index is 1170. The number of benzene rings is 2.